The number of nitrogens with zero attached hydrogens (tertiary/aromatic N) is 2. The molecule has 0 atom stereocenters. The van der Waals surface area contributed by atoms with Crippen LogP contribution in [0.4, 0.5) is 28.9 Å². The fourth-order valence-corrected chi connectivity index (χ4v) is 5.88. The van der Waals surface area contributed by atoms with Gasteiger partial charge in [-0.15, -0.1) is 0 Å². The number of alkyl halides is 3. The molecule has 228 valence electrons. The van der Waals surface area contributed by atoms with E-state index in [4.69, 9.17) is 21.1 Å². The van der Waals surface area contributed by atoms with Crippen molar-refractivity contribution >= 4 is 34.9 Å². The molecule has 1 N–H and O–H groups in total. The number of carbonyl (C=O) groups is 2. The van der Waals surface area contributed by atoms with Crippen LogP contribution in [0.1, 0.15) is 36.0 Å². The monoisotopic (exact) mass is 620 g/mol. The van der Waals surface area contributed by atoms with Crippen molar-refractivity contribution in [1.29, 1.82) is 0 Å². The molecule has 0 aliphatic carbocycles. The van der Waals surface area contributed by atoms with Crippen LogP contribution in [0.15, 0.2) is 54.6 Å². The van der Waals surface area contributed by atoms with Gasteiger partial charge in [0.2, 0.25) is 5.91 Å². The fourth-order valence-electron chi connectivity index (χ4n) is 5.58. The van der Waals surface area contributed by atoms with Gasteiger partial charge in [-0.3, -0.25) is 9.59 Å². The molecule has 1 fully saturated rings. The number of carboxylic acid groups (broad SMARTS) is 1. The number of rotatable bonds is 8. The quantitative estimate of drug-likeness (QED) is 0.281. The van der Waals surface area contributed by atoms with E-state index in [9.17, 15) is 27.9 Å². The summed E-state index contributed by atoms with van der Waals surface area (Å²) in [4.78, 5) is 28.5. The Morgan fingerprint density at radius 2 is 1.74 bits per heavy atom. The van der Waals surface area contributed by atoms with Crippen molar-refractivity contribution in [1.82, 2.24) is 0 Å². The zero-order valence-electron chi connectivity index (χ0n) is 23.2. The molecule has 43 heavy (non-hydrogen) atoms. The summed E-state index contributed by atoms with van der Waals surface area (Å²) in [6.07, 6.45) is -3.87. The number of carbonyl (C=O) groups excluding carboxylic acids is 1. The lowest BCUT2D eigenvalue weighted by Gasteiger charge is -2.40. The summed E-state index contributed by atoms with van der Waals surface area (Å²) in [5.74, 6) is -0.943. The lowest BCUT2D eigenvalue weighted by Crippen LogP contribution is -2.48. The zero-order chi connectivity index (χ0) is 30.9. The van der Waals surface area contributed by atoms with Gasteiger partial charge in [0, 0.05) is 25.1 Å². The average Bonchev–Trinajstić information content (AvgIpc) is 2.98. The van der Waals surface area contributed by atoms with E-state index in [1.54, 1.807) is 36.3 Å². The highest BCUT2D eigenvalue weighted by Crippen LogP contribution is 2.42. The maximum absolute atomic E-state index is 15.2. The van der Waals surface area contributed by atoms with Gasteiger partial charge in [0.15, 0.2) is 0 Å². The number of amides is 1. The second-order valence-corrected chi connectivity index (χ2v) is 11.1. The summed E-state index contributed by atoms with van der Waals surface area (Å²) < 4.78 is 65.6. The predicted molar refractivity (Wildman–Crippen MR) is 152 cm³/mol. The first-order valence-corrected chi connectivity index (χ1v) is 14.0. The van der Waals surface area contributed by atoms with Crippen molar-refractivity contribution in [2.24, 2.45) is 5.41 Å². The largest absolute Gasteiger partial charge is 0.497 e. The number of hydrogen-bond acceptors (Lipinski definition) is 5. The first-order chi connectivity index (χ1) is 20.4. The Morgan fingerprint density at radius 3 is 2.35 bits per heavy atom. The smallest absolute Gasteiger partial charge is 0.416 e. The summed E-state index contributed by atoms with van der Waals surface area (Å²) in [5, 5.41) is 10.1. The van der Waals surface area contributed by atoms with Crippen molar-refractivity contribution in [3.8, 4) is 11.5 Å². The van der Waals surface area contributed by atoms with Gasteiger partial charge in [0.25, 0.3) is 0 Å². The number of halogens is 5. The fraction of sp³-hybridized carbons (Fsp3) is 0.355. The normalized spacial score (nSPS) is 16.6. The van der Waals surface area contributed by atoms with Crippen LogP contribution in [0.2, 0.25) is 5.02 Å². The van der Waals surface area contributed by atoms with Crippen LogP contribution in [0.25, 0.3) is 0 Å². The summed E-state index contributed by atoms with van der Waals surface area (Å²) in [6.45, 7) is 0.387. The van der Waals surface area contributed by atoms with E-state index in [1.165, 1.54) is 23.1 Å². The molecule has 0 bridgehead atoms. The maximum atomic E-state index is 15.2. The summed E-state index contributed by atoms with van der Waals surface area (Å²) in [6, 6.07) is 12.8. The van der Waals surface area contributed by atoms with Gasteiger partial charge in [-0.05, 0) is 67.3 Å². The number of fused-ring (bicyclic) bond motifs is 1. The minimum Gasteiger partial charge on any atom is -0.497 e. The summed E-state index contributed by atoms with van der Waals surface area (Å²) in [5.41, 5.74) is -0.383. The van der Waals surface area contributed by atoms with Gasteiger partial charge < -0.3 is 24.4 Å². The maximum Gasteiger partial charge on any atom is 0.416 e. The van der Waals surface area contributed by atoms with Gasteiger partial charge in [0.1, 0.15) is 29.3 Å². The van der Waals surface area contributed by atoms with Crippen molar-refractivity contribution in [2.75, 3.05) is 36.6 Å². The van der Waals surface area contributed by atoms with E-state index in [1.807, 2.05) is 0 Å². The summed E-state index contributed by atoms with van der Waals surface area (Å²) in [7, 11) is 1.54. The lowest BCUT2D eigenvalue weighted by atomic mass is 9.79. The zero-order valence-corrected chi connectivity index (χ0v) is 24.0. The second kappa shape index (κ2) is 11.9. The van der Waals surface area contributed by atoms with Gasteiger partial charge in [-0.2, -0.15) is 13.2 Å². The Labute approximate surface area is 250 Å². The third-order valence-electron chi connectivity index (χ3n) is 8.14. The van der Waals surface area contributed by atoms with Crippen molar-refractivity contribution < 1.29 is 41.7 Å². The average molecular weight is 621 g/mol. The number of ether oxygens (including phenoxy) is 2. The van der Waals surface area contributed by atoms with Crippen molar-refractivity contribution in [3.63, 3.8) is 0 Å². The predicted octanol–water partition coefficient (Wildman–Crippen LogP) is 6.74. The Balaban J connectivity index is 1.33. The molecule has 3 aromatic carbocycles. The van der Waals surface area contributed by atoms with Crippen LogP contribution in [0, 0.1) is 11.2 Å². The second-order valence-electron chi connectivity index (χ2n) is 10.7. The Bertz CT molecular complexity index is 1520. The standard InChI is InChI=1S/C31H29ClF4N2O5/c1-42-21-5-2-19(3-6-21)17-38-27(39)11-7-22-26(10-8-24(33)28(22)38)43-18-30(29(40)41)12-14-37(15-13-30)25-9-4-20(16-23(25)32)31(34,35)36/h2-6,8-10,16H,7,11-15,17-18H2,1H3,(H,40,41). The molecule has 0 radical (unpaired) electrons. The van der Waals surface area contributed by atoms with Gasteiger partial charge in [-0.25, -0.2) is 4.39 Å². The first-order valence-electron chi connectivity index (χ1n) is 13.6. The molecular formula is C31H29ClF4N2O5. The molecule has 1 saturated heterocycles. The minimum absolute atomic E-state index is 0.0689. The first kappa shape index (κ1) is 30.5. The Hall–Kier alpha value is -3.99. The molecule has 2 aliphatic heterocycles. The third-order valence-corrected chi connectivity index (χ3v) is 8.45. The Kier molecular flexibility index (Phi) is 8.47. The van der Waals surface area contributed by atoms with Gasteiger partial charge in [-0.1, -0.05) is 23.7 Å². The third kappa shape index (κ3) is 6.22. The van der Waals surface area contributed by atoms with E-state index in [0.717, 1.165) is 17.7 Å². The highest BCUT2D eigenvalue weighted by Gasteiger charge is 2.43. The number of piperidine rings is 1. The topological polar surface area (TPSA) is 79.3 Å². The van der Waals surface area contributed by atoms with Crippen LogP contribution in [0.3, 0.4) is 0 Å². The molecule has 5 rings (SSSR count). The van der Waals surface area contributed by atoms with Crippen LogP contribution >= 0.6 is 11.6 Å². The molecular weight excluding hydrogens is 592 g/mol. The van der Waals surface area contributed by atoms with E-state index < -0.39 is 28.9 Å². The number of hydrogen-bond donors (Lipinski definition) is 1. The van der Waals surface area contributed by atoms with E-state index in [2.05, 4.69) is 0 Å². The van der Waals surface area contributed by atoms with Crippen molar-refractivity contribution in [2.45, 2.75) is 38.4 Å². The molecule has 7 nitrogen and oxygen atoms in total. The molecule has 0 aromatic heterocycles. The molecule has 0 unspecified atom stereocenters. The number of anilines is 2. The van der Waals surface area contributed by atoms with Crippen molar-refractivity contribution in [3.05, 3.63) is 82.1 Å². The molecule has 3 aromatic rings. The number of carboxylic acids is 1. The number of methoxy groups -OCH3 is 1. The molecule has 0 saturated carbocycles. The summed E-state index contributed by atoms with van der Waals surface area (Å²) >= 11 is 6.16. The van der Waals surface area contributed by atoms with Crippen LogP contribution in [-0.2, 0) is 28.7 Å². The highest BCUT2D eigenvalue weighted by molar-refractivity contribution is 6.33. The van der Waals surface area contributed by atoms with E-state index >= 15 is 4.39 Å². The molecule has 1 amide bonds. The van der Waals surface area contributed by atoms with Crippen LogP contribution in [0.5, 0.6) is 11.5 Å². The number of aliphatic carboxylic acids is 1. The highest BCUT2D eigenvalue weighted by atomic mass is 35.5. The molecule has 12 heteroatoms. The molecule has 2 heterocycles. The van der Waals surface area contributed by atoms with Crippen LogP contribution in [-0.4, -0.2) is 43.8 Å². The van der Waals surface area contributed by atoms with Gasteiger partial charge >= 0.3 is 12.1 Å². The van der Waals surface area contributed by atoms with E-state index in [-0.39, 0.29) is 68.5 Å². The van der Waals surface area contributed by atoms with Gasteiger partial charge in [0.05, 0.1) is 35.6 Å². The minimum atomic E-state index is -4.53. The van der Waals surface area contributed by atoms with Crippen LogP contribution < -0.4 is 19.3 Å². The molecule has 0 spiro atoms. The molecule has 2 aliphatic rings. The van der Waals surface area contributed by atoms with E-state index in [0.29, 0.717) is 22.7 Å². The lowest BCUT2D eigenvalue weighted by molar-refractivity contribution is -0.152. The number of benzene rings is 3. The Morgan fingerprint density at radius 1 is 1.05 bits per heavy atom. The SMILES string of the molecule is COc1ccc(CN2C(=O)CCc3c(OCC4(C(=O)O)CCN(c5ccc(C(F)(F)F)cc5Cl)CC4)ccc(F)c32)cc1.